The molecule has 1 aromatic rings. The predicted molar refractivity (Wildman–Crippen MR) is 48.5 cm³/mol. The van der Waals surface area contributed by atoms with Gasteiger partial charge >= 0.3 is 11.8 Å². The Balaban J connectivity index is 1.98. The Morgan fingerprint density at radius 3 is 2.43 bits per heavy atom. The maximum Gasteiger partial charge on any atom is 0.337 e. The van der Waals surface area contributed by atoms with Crippen LogP contribution in [0.25, 0.3) is 0 Å². The van der Waals surface area contributed by atoms with Gasteiger partial charge in [0, 0.05) is 0 Å². The molecule has 2 aliphatic rings. The molecule has 68 valence electrons. The van der Waals surface area contributed by atoms with E-state index in [2.05, 4.69) is 4.99 Å². The van der Waals surface area contributed by atoms with E-state index >= 15 is 0 Å². The Morgan fingerprint density at radius 2 is 1.86 bits per heavy atom. The van der Waals surface area contributed by atoms with E-state index in [1.54, 1.807) is 0 Å². The number of rotatable bonds is 1. The highest BCUT2D eigenvalue weighted by Gasteiger charge is 2.55. The standard InChI is InChI=1S/C10H6N2O2/c13-9-10(14)12-7(8(12)11-9)6-4-2-1-3-5-6/h1-5,7H. The number of amidine groups is 1. The fourth-order valence-electron chi connectivity index (χ4n) is 1.71. The maximum atomic E-state index is 11.2. The summed E-state index contributed by atoms with van der Waals surface area (Å²) in [6, 6.07) is 9.47. The Hall–Kier alpha value is -1.97. The Kier molecular flexibility index (Phi) is 1.21. The first-order valence-corrected chi connectivity index (χ1v) is 4.30. The average molecular weight is 186 g/mol. The van der Waals surface area contributed by atoms with Gasteiger partial charge in [-0.3, -0.25) is 14.5 Å². The number of amides is 2. The highest BCUT2D eigenvalue weighted by atomic mass is 16.2. The summed E-state index contributed by atoms with van der Waals surface area (Å²) >= 11 is 0. The summed E-state index contributed by atoms with van der Waals surface area (Å²) in [5.41, 5.74) is 1.01. The summed E-state index contributed by atoms with van der Waals surface area (Å²) in [5.74, 6) is -0.563. The van der Waals surface area contributed by atoms with Crippen molar-refractivity contribution in [2.75, 3.05) is 0 Å². The minimum atomic E-state index is -0.646. The van der Waals surface area contributed by atoms with Crippen LogP contribution in [0.15, 0.2) is 35.3 Å². The van der Waals surface area contributed by atoms with Crippen LogP contribution < -0.4 is 0 Å². The number of hydrogen-bond acceptors (Lipinski definition) is 2. The second kappa shape index (κ2) is 2.29. The minimum Gasteiger partial charge on any atom is -0.275 e. The third-order valence-corrected chi connectivity index (χ3v) is 2.42. The molecular weight excluding hydrogens is 180 g/mol. The molecule has 1 atom stereocenters. The van der Waals surface area contributed by atoms with Gasteiger partial charge in [0.15, 0.2) is 0 Å². The number of nitrogens with zero attached hydrogens (tertiary/aromatic N) is 2. The van der Waals surface area contributed by atoms with Crippen LogP contribution in [-0.4, -0.2) is 22.5 Å². The number of carbonyl (C=O) groups excluding carboxylic acids is 2. The largest absolute Gasteiger partial charge is 0.337 e. The lowest BCUT2D eigenvalue weighted by Gasteiger charge is -1.97. The number of benzene rings is 1. The molecule has 0 saturated carbocycles. The van der Waals surface area contributed by atoms with Crippen LogP contribution in [0.4, 0.5) is 0 Å². The first-order valence-electron chi connectivity index (χ1n) is 4.30. The lowest BCUT2D eigenvalue weighted by atomic mass is 10.1. The van der Waals surface area contributed by atoms with E-state index in [9.17, 15) is 9.59 Å². The number of aliphatic imine (C=N–C) groups is 1. The van der Waals surface area contributed by atoms with Crippen molar-refractivity contribution in [3.8, 4) is 0 Å². The zero-order chi connectivity index (χ0) is 9.71. The van der Waals surface area contributed by atoms with E-state index < -0.39 is 11.8 Å². The molecule has 4 nitrogen and oxygen atoms in total. The van der Waals surface area contributed by atoms with Crippen LogP contribution in [0.2, 0.25) is 0 Å². The molecule has 0 aromatic heterocycles. The van der Waals surface area contributed by atoms with Crippen molar-refractivity contribution < 1.29 is 9.59 Å². The van der Waals surface area contributed by atoms with Gasteiger partial charge in [0.1, 0.15) is 11.9 Å². The molecule has 0 N–H and O–H groups in total. The fourth-order valence-corrected chi connectivity index (χ4v) is 1.71. The predicted octanol–water partition coefficient (Wildman–Crippen LogP) is 0.509. The topological polar surface area (TPSA) is 49.5 Å². The van der Waals surface area contributed by atoms with Crippen molar-refractivity contribution in [1.29, 1.82) is 0 Å². The first kappa shape index (κ1) is 7.44. The van der Waals surface area contributed by atoms with Gasteiger partial charge in [0.2, 0.25) is 0 Å². The van der Waals surface area contributed by atoms with Crippen molar-refractivity contribution in [2.24, 2.45) is 4.99 Å². The van der Waals surface area contributed by atoms with E-state index in [0.717, 1.165) is 5.56 Å². The molecule has 0 spiro atoms. The quantitative estimate of drug-likeness (QED) is 0.474. The van der Waals surface area contributed by atoms with Gasteiger partial charge in [-0.25, -0.2) is 0 Å². The van der Waals surface area contributed by atoms with Crippen LogP contribution in [0, 0.1) is 0 Å². The SMILES string of the molecule is O=C1N=C2C(c3ccccc3)N2C1=O. The van der Waals surface area contributed by atoms with E-state index in [0.29, 0.717) is 5.84 Å². The summed E-state index contributed by atoms with van der Waals surface area (Å²) in [6.07, 6.45) is 0. The van der Waals surface area contributed by atoms with E-state index in [4.69, 9.17) is 0 Å². The van der Waals surface area contributed by atoms with Crippen molar-refractivity contribution in [3.63, 3.8) is 0 Å². The lowest BCUT2D eigenvalue weighted by Crippen LogP contribution is -2.16. The third-order valence-electron chi connectivity index (χ3n) is 2.42. The number of hydrogen-bond donors (Lipinski definition) is 0. The van der Waals surface area contributed by atoms with E-state index in [-0.39, 0.29) is 6.04 Å². The molecule has 0 bridgehead atoms. The second-order valence-electron chi connectivity index (χ2n) is 3.26. The molecular formula is C10H6N2O2. The Morgan fingerprint density at radius 1 is 1.14 bits per heavy atom. The molecule has 1 saturated heterocycles. The Bertz CT molecular complexity index is 464. The highest BCUT2D eigenvalue weighted by molar-refractivity contribution is 6.49. The van der Waals surface area contributed by atoms with Gasteiger partial charge < -0.3 is 0 Å². The van der Waals surface area contributed by atoms with Gasteiger partial charge in [-0.15, -0.1) is 0 Å². The van der Waals surface area contributed by atoms with Crippen LogP contribution in [0.1, 0.15) is 11.6 Å². The third kappa shape index (κ3) is 0.797. The van der Waals surface area contributed by atoms with Crippen molar-refractivity contribution in [3.05, 3.63) is 35.9 Å². The molecule has 14 heavy (non-hydrogen) atoms. The minimum absolute atomic E-state index is 0.0820. The molecule has 0 radical (unpaired) electrons. The molecule has 1 fully saturated rings. The first-order chi connectivity index (χ1) is 6.79. The number of fused-ring (bicyclic) bond motifs is 1. The molecule has 4 heteroatoms. The summed E-state index contributed by atoms with van der Waals surface area (Å²) in [7, 11) is 0. The molecule has 0 aliphatic carbocycles. The van der Waals surface area contributed by atoms with Crippen LogP contribution in [-0.2, 0) is 9.59 Å². The van der Waals surface area contributed by atoms with Gasteiger partial charge in [0.25, 0.3) is 0 Å². The highest BCUT2D eigenvalue weighted by Crippen LogP contribution is 2.41. The van der Waals surface area contributed by atoms with E-state index in [1.165, 1.54) is 4.90 Å². The number of carbonyl (C=O) groups is 2. The summed E-state index contributed by atoms with van der Waals surface area (Å²) in [4.78, 5) is 27.1. The molecule has 2 heterocycles. The van der Waals surface area contributed by atoms with Crippen LogP contribution in [0.5, 0.6) is 0 Å². The molecule has 2 amide bonds. The van der Waals surface area contributed by atoms with Crippen molar-refractivity contribution in [1.82, 2.24) is 4.90 Å². The molecule has 3 rings (SSSR count). The average Bonchev–Trinajstić information content (AvgIpc) is 2.84. The molecule has 1 unspecified atom stereocenters. The molecule has 1 aromatic carbocycles. The van der Waals surface area contributed by atoms with Gasteiger partial charge in [-0.1, -0.05) is 30.3 Å². The summed E-state index contributed by atoms with van der Waals surface area (Å²) in [5, 5.41) is 0. The lowest BCUT2D eigenvalue weighted by molar-refractivity contribution is -0.139. The Labute approximate surface area is 79.9 Å². The fraction of sp³-hybridized carbons (Fsp3) is 0.100. The smallest absolute Gasteiger partial charge is 0.275 e. The van der Waals surface area contributed by atoms with Gasteiger partial charge in [-0.2, -0.15) is 4.99 Å². The van der Waals surface area contributed by atoms with Gasteiger partial charge in [-0.05, 0) is 5.56 Å². The van der Waals surface area contributed by atoms with Crippen molar-refractivity contribution >= 4 is 17.6 Å². The van der Waals surface area contributed by atoms with Crippen molar-refractivity contribution in [2.45, 2.75) is 6.04 Å². The summed E-state index contributed by atoms with van der Waals surface area (Å²) < 4.78 is 0. The summed E-state index contributed by atoms with van der Waals surface area (Å²) in [6.45, 7) is 0. The molecule has 2 aliphatic heterocycles. The van der Waals surface area contributed by atoms with Crippen LogP contribution >= 0.6 is 0 Å². The maximum absolute atomic E-state index is 11.2. The van der Waals surface area contributed by atoms with E-state index in [1.807, 2.05) is 30.3 Å². The van der Waals surface area contributed by atoms with Crippen LogP contribution in [0.3, 0.4) is 0 Å². The zero-order valence-electron chi connectivity index (χ0n) is 7.18. The van der Waals surface area contributed by atoms with Gasteiger partial charge in [0.05, 0.1) is 0 Å². The monoisotopic (exact) mass is 186 g/mol. The second-order valence-corrected chi connectivity index (χ2v) is 3.26. The zero-order valence-corrected chi connectivity index (χ0v) is 7.18. The normalized spacial score (nSPS) is 23.6.